The Kier molecular flexibility index (Phi) is 5.52. The van der Waals surface area contributed by atoms with Crippen molar-refractivity contribution >= 4 is 11.6 Å². The maximum absolute atomic E-state index is 6.13. The molecule has 2 aliphatic rings. The molecule has 2 heterocycles. The zero-order valence-electron chi connectivity index (χ0n) is 15.4. The van der Waals surface area contributed by atoms with Crippen LogP contribution >= 0.6 is 11.6 Å². The molecule has 0 amide bonds. The van der Waals surface area contributed by atoms with Crippen LogP contribution in [0.15, 0.2) is 24.3 Å². The van der Waals surface area contributed by atoms with Gasteiger partial charge in [-0.3, -0.25) is 4.90 Å². The average molecular weight is 375 g/mol. The topological polar surface area (TPSA) is 50.1 Å². The molecule has 0 unspecified atom stereocenters. The smallest absolute Gasteiger partial charge is 0.173 e. The molecular weight excluding hydrogens is 348 g/mol. The Hall–Kier alpha value is -1.50. The van der Waals surface area contributed by atoms with E-state index in [0.29, 0.717) is 6.04 Å². The molecule has 1 saturated heterocycles. The third-order valence-electron chi connectivity index (χ3n) is 5.84. The monoisotopic (exact) mass is 374 g/mol. The Bertz CT molecular complexity index is 701. The molecule has 0 spiro atoms. The van der Waals surface area contributed by atoms with Crippen LogP contribution in [0, 0.1) is 0 Å². The second kappa shape index (κ2) is 8.03. The van der Waals surface area contributed by atoms with Crippen molar-refractivity contribution < 1.29 is 0 Å². The van der Waals surface area contributed by atoms with Crippen LogP contribution in [0.1, 0.15) is 56.1 Å². The summed E-state index contributed by atoms with van der Waals surface area (Å²) in [6.45, 7) is 7.57. The van der Waals surface area contributed by atoms with Crippen LogP contribution in [0.4, 0.5) is 0 Å². The highest BCUT2D eigenvalue weighted by Crippen LogP contribution is 2.34. The normalized spacial score (nSPS) is 21.3. The lowest BCUT2D eigenvalue weighted by Crippen LogP contribution is -2.48. The average Bonchev–Trinajstić information content (AvgIpc) is 3.35. The van der Waals surface area contributed by atoms with Crippen LogP contribution in [0.5, 0.6) is 0 Å². The first-order valence-corrected chi connectivity index (χ1v) is 10.1. The van der Waals surface area contributed by atoms with E-state index >= 15 is 0 Å². The minimum Gasteiger partial charge on any atom is -0.301 e. The van der Waals surface area contributed by atoms with E-state index in [4.69, 9.17) is 11.6 Å². The highest BCUT2D eigenvalue weighted by molar-refractivity contribution is 6.30. The van der Waals surface area contributed by atoms with Gasteiger partial charge in [-0.1, -0.05) is 43.5 Å². The molecule has 1 saturated carbocycles. The Morgan fingerprint density at radius 1 is 1.08 bits per heavy atom. The van der Waals surface area contributed by atoms with E-state index in [2.05, 4.69) is 49.1 Å². The van der Waals surface area contributed by atoms with E-state index in [1.165, 1.54) is 31.2 Å². The zero-order chi connectivity index (χ0) is 17.9. The van der Waals surface area contributed by atoms with Crippen molar-refractivity contribution in [3.8, 4) is 0 Å². The van der Waals surface area contributed by atoms with Crippen molar-refractivity contribution in [2.45, 2.75) is 44.7 Å². The Morgan fingerprint density at radius 2 is 1.77 bits per heavy atom. The summed E-state index contributed by atoms with van der Waals surface area (Å²) in [5, 5.41) is 13.7. The molecule has 140 valence electrons. The number of aromatic nitrogens is 4. The molecule has 0 N–H and O–H groups in total. The molecule has 4 rings (SSSR count). The van der Waals surface area contributed by atoms with Crippen molar-refractivity contribution in [1.82, 2.24) is 30.0 Å². The van der Waals surface area contributed by atoms with Gasteiger partial charge in [0.15, 0.2) is 5.82 Å². The minimum absolute atomic E-state index is 0.0851. The van der Waals surface area contributed by atoms with Crippen molar-refractivity contribution in [2.75, 3.05) is 32.7 Å². The van der Waals surface area contributed by atoms with E-state index in [9.17, 15) is 0 Å². The quantitative estimate of drug-likeness (QED) is 0.804. The van der Waals surface area contributed by atoms with Gasteiger partial charge >= 0.3 is 0 Å². The lowest BCUT2D eigenvalue weighted by Gasteiger charge is -2.38. The maximum atomic E-state index is 6.13. The summed E-state index contributed by atoms with van der Waals surface area (Å²) in [6, 6.07) is 8.69. The summed E-state index contributed by atoms with van der Waals surface area (Å²) in [4.78, 5) is 5.02. The second-order valence-electron chi connectivity index (χ2n) is 7.34. The van der Waals surface area contributed by atoms with E-state index in [1.54, 1.807) is 0 Å². The maximum Gasteiger partial charge on any atom is 0.173 e. The first kappa shape index (κ1) is 17.9. The van der Waals surface area contributed by atoms with Gasteiger partial charge in [-0.2, -0.15) is 0 Å². The van der Waals surface area contributed by atoms with Crippen LogP contribution in [-0.4, -0.2) is 62.7 Å². The number of likely N-dealkylation sites (N-methyl/N-ethyl adjacent to an activating group) is 1. The van der Waals surface area contributed by atoms with Gasteiger partial charge in [-0.05, 0) is 47.5 Å². The van der Waals surface area contributed by atoms with Gasteiger partial charge in [0.1, 0.15) is 0 Å². The Morgan fingerprint density at radius 3 is 2.42 bits per heavy atom. The van der Waals surface area contributed by atoms with Gasteiger partial charge in [0.25, 0.3) is 0 Å². The first-order valence-electron chi connectivity index (χ1n) is 9.76. The van der Waals surface area contributed by atoms with Gasteiger partial charge in [0.2, 0.25) is 0 Å². The van der Waals surface area contributed by atoms with Crippen molar-refractivity contribution in [3.05, 3.63) is 40.7 Å². The Balaban J connectivity index is 1.67. The number of halogens is 1. The summed E-state index contributed by atoms with van der Waals surface area (Å²) < 4.78 is 2.10. The summed E-state index contributed by atoms with van der Waals surface area (Å²) in [6.07, 6.45) is 4.89. The van der Waals surface area contributed by atoms with Gasteiger partial charge in [0.05, 0.1) is 12.1 Å². The van der Waals surface area contributed by atoms with E-state index in [0.717, 1.165) is 43.6 Å². The van der Waals surface area contributed by atoms with Gasteiger partial charge in [-0.25, -0.2) is 4.68 Å². The highest BCUT2D eigenvalue weighted by Gasteiger charge is 2.32. The van der Waals surface area contributed by atoms with E-state index in [-0.39, 0.29) is 6.04 Å². The number of hydrogen-bond acceptors (Lipinski definition) is 5. The molecular formula is C19H27ClN6. The lowest BCUT2D eigenvalue weighted by molar-refractivity contribution is 0.107. The predicted molar refractivity (Wildman–Crippen MR) is 102 cm³/mol. The molecule has 1 atom stereocenters. The van der Waals surface area contributed by atoms with Crippen LogP contribution in [0.2, 0.25) is 5.02 Å². The molecule has 6 nitrogen and oxygen atoms in total. The van der Waals surface area contributed by atoms with Crippen LogP contribution in [0.3, 0.4) is 0 Å². The summed E-state index contributed by atoms with van der Waals surface area (Å²) >= 11 is 6.13. The third-order valence-corrected chi connectivity index (χ3v) is 6.09. The molecule has 1 aromatic carbocycles. The molecule has 0 bridgehead atoms. The fourth-order valence-electron chi connectivity index (χ4n) is 4.30. The Labute approximate surface area is 160 Å². The minimum atomic E-state index is 0.0851. The summed E-state index contributed by atoms with van der Waals surface area (Å²) in [7, 11) is 0. The number of nitrogens with zero attached hydrogens (tertiary/aromatic N) is 6. The summed E-state index contributed by atoms with van der Waals surface area (Å²) in [5.74, 6) is 0.976. The molecule has 26 heavy (non-hydrogen) atoms. The summed E-state index contributed by atoms with van der Waals surface area (Å²) in [5.41, 5.74) is 1.22. The van der Waals surface area contributed by atoms with Crippen molar-refractivity contribution in [1.29, 1.82) is 0 Å². The molecule has 7 heteroatoms. The van der Waals surface area contributed by atoms with Crippen molar-refractivity contribution in [2.24, 2.45) is 0 Å². The number of rotatable bonds is 5. The number of hydrogen-bond donors (Lipinski definition) is 0. The van der Waals surface area contributed by atoms with E-state index < -0.39 is 0 Å². The highest BCUT2D eigenvalue weighted by atomic mass is 35.5. The first-order chi connectivity index (χ1) is 12.8. The lowest BCUT2D eigenvalue weighted by atomic mass is 10.0. The standard InChI is InChI=1S/C19H27ClN6/c1-2-24-11-13-25(14-12-24)18(15-7-9-16(20)10-8-15)19-21-22-23-26(19)17-5-3-4-6-17/h7-10,17-18H,2-6,11-14H2,1H3/t18-/m1/s1. The largest absolute Gasteiger partial charge is 0.301 e. The fraction of sp³-hybridized carbons (Fsp3) is 0.632. The number of piperazine rings is 1. The van der Waals surface area contributed by atoms with Crippen LogP contribution in [0.25, 0.3) is 0 Å². The molecule has 0 radical (unpaired) electrons. The molecule has 1 aliphatic carbocycles. The van der Waals surface area contributed by atoms with E-state index in [1.807, 2.05) is 12.1 Å². The van der Waals surface area contributed by atoms with Crippen LogP contribution in [-0.2, 0) is 0 Å². The SMILES string of the molecule is CCN1CCN([C@H](c2ccc(Cl)cc2)c2nnnn2C2CCCC2)CC1. The van der Waals surface area contributed by atoms with Gasteiger partial charge in [-0.15, -0.1) is 5.10 Å². The number of benzene rings is 1. The number of tetrazole rings is 1. The van der Waals surface area contributed by atoms with Gasteiger partial charge in [0, 0.05) is 31.2 Å². The van der Waals surface area contributed by atoms with Gasteiger partial charge < -0.3 is 4.90 Å². The zero-order valence-corrected chi connectivity index (χ0v) is 16.1. The molecule has 2 fully saturated rings. The fourth-order valence-corrected chi connectivity index (χ4v) is 4.42. The predicted octanol–water partition coefficient (Wildman–Crippen LogP) is 3.17. The second-order valence-corrected chi connectivity index (χ2v) is 7.78. The molecule has 1 aromatic heterocycles. The third kappa shape index (κ3) is 3.63. The molecule has 2 aromatic rings. The molecule has 1 aliphatic heterocycles. The van der Waals surface area contributed by atoms with Crippen molar-refractivity contribution in [3.63, 3.8) is 0 Å². The van der Waals surface area contributed by atoms with Crippen LogP contribution < -0.4 is 0 Å².